The van der Waals surface area contributed by atoms with Gasteiger partial charge in [-0.3, -0.25) is 4.79 Å². The molecule has 0 aromatic carbocycles. The Balaban J connectivity index is 2.15. The summed E-state index contributed by atoms with van der Waals surface area (Å²) in [6, 6.07) is 1.64. The Labute approximate surface area is 142 Å². The highest BCUT2D eigenvalue weighted by atomic mass is 32.1. The molecule has 0 spiro atoms. The first-order valence-corrected chi connectivity index (χ1v) is 9.02. The first kappa shape index (κ1) is 17.8. The molecule has 0 radical (unpaired) electrons. The Morgan fingerprint density at radius 3 is 2.57 bits per heavy atom. The maximum Gasteiger partial charge on any atom is 0.318 e. The van der Waals surface area contributed by atoms with Crippen molar-refractivity contribution in [2.24, 2.45) is 5.92 Å². The summed E-state index contributed by atoms with van der Waals surface area (Å²) in [7, 11) is 1.62. The van der Waals surface area contributed by atoms with Crippen molar-refractivity contribution in [1.29, 1.82) is 0 Å². The lowest BCUT2D eigenvalue weighted by molar-refractivity contribution is -0.124. The molecule has 1 aliphatic heterocycles. The van der Waals surface area contributed by atoms with E-state index in [-0.39, 0.29) is 29.9 Å². The van der Waals surface area contributed by atoms with E-state index in [2.05, 4.69) is 44.4 Å². The van der Waals surface area contributed by atoms with Crippen LogP contribution in [0, 0.1) is 19.8 Å². The van der Waals surface area contributed by atoms with Gasteiger partial charge in [0.05, 0.1) is 6.04 Å². The first-order valence-electron chi connectivity index (χ1n) is 8.20. The number of nitrogens with zero attached hydrogens (tertiary/aromatic N) is 1. The maximum absolute atomic E-state index is 12.7. The van der Waals surface area contributed by atoms with Crippen LogP contribution in [0.5, 0.6) is 0 Å². The molecule has 1 aromatic rings. The standard InChI is InChI=1S/C17H27N3O2S/c1-10(2)15(13-9-11(3)23-12(13)4)19-17(22)20-8-6-7-14(20)16(21)18-5/h9-10,14-15H,6-8H2,1-5H3,(H,18,21)(H,19,22)/t14-,15-/m0/s1. The summed E-state index contributed by atoms with van der Waals surface area (Å²) in [6.45, 7) is 9.03. The molecule has 3 amide bonds. The molecule has 5 nitrogen and oxygen atoms in total. The number of hydrogen-bond donors (Lipinski definition) is 2. The van der Waals surface area contributed by atoms with Crippen LogP contribution in [0.1, 0.15) is 48.0 Å². The summed E-state index contributed by atoms with van der Waals surface area (Å²) in [4.78, 5) is 28.8. The van der Waals surface area contributed by atoms with Gasteiger partial charge in [0.15, 0.2) is 0 Å². The van der Waals surface area contributed by atoms with Crippen molar-refractivity contribution >= 4 is 23.3 Å². The number of nitrogens with one attached hydrogen (secondary N) is 2. The second-order valence-electron chi connectivity index (χ2n) is 6.51. The van der Waals surface area contributed by atoms with Crippen LogP contribution in [-0.2, 0) is 4.79 Å². The molecule has 2 atom stereocenters. The van der Waals surface area contributed by atoms with Gasteiger partial charge in [-0.05, 0) is 44.2 Å². The SMILES string of the molecule is CNC(=O)[C@@H]1CCCN1C(=O)N[C@H](c1cc(C)sc1C)C(C)C. The zero-order chi connectivity index (χ0) is 17.1. The van der Waals surface area contributed by atoms with Gasteiger partial charge < -0.3 is 15.5 Å². The minimum atomic E-state index is -0.349. The summed E-state index contributed by atoms with van der Waals surface area (Å²) in [5.41, 5.74) is 1.19. The van der Waals surface area contributed by atoms with Crippen LogP contribution in [0.15, 0.2) is 6.07 Å². The summed E-state index contributed by atoms with van der Waals surface area (Å²) < 4.78 is 0. The quantitative estimate of drug-likeness (QED) is 0.887. The van der Waals surface area contributed by atoms with Gasteiger partial charge in [-0.15, -0.1) is 11.3 Å². The van der Waals surface area contributed by atoms with Crippen LogP contribution in [0.25, 0.3) is 0 Å². The third kappa shape index (κ3) is 3.86. The lowest BCUT2D eigenvalue weighted by atomic mass is 9.96. The van der Waals surface area contributed by atoms with Crippen molar-refractivity contribution in [3.63, 3.8) is 0 Å². The minimum absolute atomic E-state index is 0.0293. The van der Waals surface area contributed by atoms with Crippen LogP contribution in [0.4, 0.5) is 4.79 Å². The molecule has 0 aliphatic carbocycles. The number of thiophene rings is 1. The fraction of sp³-hybridized carbons (Fsp3) is 0.647. The fourth-order valence-electron chi connectivity index (χ4n) is 3.23. The Morgan fingerprint density at radius 2 is 2.04 bits per heavy atom. The molecule has 1 aromatic heterocycles. The average molecular weight is 337 g/mol. The highest BCUT2D eigenvalue weighted by Gasteiger charge is 2.35. The van der Waals surface area contributed by atoms with Crippen LogP contribution in [0.2, 0.25) is 0 Å². The van der Waals surface area contributed by atoms with E-state index in [1.54, 1.807) is 23.3 Å². The molecule has 0 unspecified atom stereocenters. The topological polar surface area (TPSA) is 61.4 Å². The van der Waals surface area contributed by atoms with Crippen molar-refractivity contribution in [3.8, 4) is 0 Å². The molecule has 2 heterocycles. The van der Waals surface area contributed by atoms with E-state index in [1.165, 1.54) is 15.3 Å². The summed E-state index contributed by atoms with van der Waals surface area (Å²) in [5, 5.41) is 5.80. The molecule has 23 heavy (non-hydrogen) atoms. The predicted octanol–water partition coefficient (Wildman–Crippen LogP) is 2.98. The van der Waals surface area contributed by atoms with E-state index in [0.29, 0.717) is 6.54 Å². The lowest BCUT2D eigenvalue weighted by Gasteiger charge is -2.29. The normalized spacial score (nSPS) is 19.0. The van der Waals surface area contributed by atoms with E-state index in [0.717, 1.165) is 12.8 Å². The highest BCUT2D eigenvalue weighted by molar-refractivity contribution is 7.12. The van der Waals surface area contributed by atoms with Crippen molar-refractivity contribution in [3.05, 3.63) is 21.4 Å². The largest absolute Gasteiger partial charge is 0.357 e. The van der Waals surface area contributed by atoms with Crippen LogP contribution >= 0.6 is 11.3 Å². The maximum atomic E-state index is 12.7. The molecule has 0 saturated carbocycles. The third-order valence-electron chi connectivity index (χ3n) is 4.42. The Morgan fingerprint density at radius 1 is 1.35 bits per heavy atom. The Kier molecular flexibility index (Phi) is 5.68. The number of hydrogen-bond acceptors (Lipinski definition) is 3. The number of aryl methyl sites for hydroxylation is 2. The minimum Gasteiger partial charge on any atom is -0.357 e. The van der Waals surface area contributed by atoms with Gasteiger partial charge in [0.2, 0.25) is 5.91 Å². The van der Waals surface area contributed by atoms with Crippen molar-refractivity contribution in [2.45, 2.75) is 52.6 Å². The molecule has 2 rings (SSSR count). The smallest absolute Gasteiger partial charge is 0.318 e. The van der Waals surface area contributed by atoms with Gasteiger partial charge in [-0.2, -0.15) is 0 Å². The molecule has 6 heteroatoms. The number of carbonyl (C=O) groups is 2. The molecule has 2 N–H and O–H groups in total. The lowest BCUT2D eigenvalue weighted by Crippen LogP contribution is -2.50. The summed E-state index contributed by atoms with van der Waals surface area (Å²) in [6.07, 6.45) is 1.60. The summed E-state index contributed by atoms with van der Waals surface area (Å²) >= 11 is 1.75. The monoisotopic (exact) mass is 337 g/mol. The number of likely N-dealkylation sites (N-methyl/N-ethyl adjacent to an activating group) is 1. The van der Waals surface area contributed by atoms with Gasteiger partial charge in [0.1, 0.15) is 6.04 Å². The molecule has 1 aliphatic rings. The molecule has 1 fully saturated rings. The van der Waals surface area contributed by atoms with Gasteiger partial charge in [0.25, 0.3) is 0 Å². The van der Waals surface area contributed by atoms with Gasteiger partial charge >= 0.3 is 6.03 Å². The van der Waals surface area contributed by atoms with Gasteiger partial charge in [-0.25, -0.2) is 4.79 Å². The zero-order valence-corrected chi connectivity index (χ0v) is 15.4. The van der Waals surface area contributed by atoms with Crippen molar-refractivity contribution < 1.29 is 9.59 Å². The number of urea groups is 1. The zero-order valence-electron chi connectivity index (χ0n) is 14.6. The predicted molar refractivity (Wildman–Crippen MR) is 93.7 cm³/mol. The molecular weight excluding hydrogens is 310 g/mol. The van der Waals surface area contributed by atoms with E-state index < -0.39 is 0 Å². The van der Waals surface area contributed by atoms with Gasteiger partial charge in [0, 0.05) is 23.3 Å². The Bertz CT molecular complexity index is 582. The first-order chi connectivity index (χ1) is 10.8. The second kappa shape index (κ2) is 7.34. The van der Waals surface area contributed by atoms with Gasteiger partial charge in [-0.1, -0.05) is 13.8 Å². The van der Waals surface area contributed by atoms with E-state index in [1.807, 2.05) is 0 Å². The molecule has 0 bridgehead atoms. The van der Waals surface area contributed by atoms with Crippen molar-refractivity contribution in [1.82, 2.24) is 15.5 Å². The number of likely N-dealkylation sites (tertiary alicyclic amines) is 1. The van der Waals surface area contributed by atoms with Crippen LogP contribution < -0.4 is 10.6 Å². The second-order valence-corrected chi connectivity index (χ2v) is 7.97. The van der Waals surface area contributed by atoms with E-state index in [9.17, 15) is 9.59 Å². The number of rotatable bonds is 4. The summed E-state index contributed by atoms with van der Waals surface area (Å²) in [5.74, 6) is 0.203. The van der Waals surface area contributed by atoms with E-state index >= 15 is 0 Å². The molecule has 1 saturated heterocycles. The highest BCUT2D eigenvalue weighted by Crippen LogP contribution is 2.31. The Hall–Kier alpha value is -1.56. The van der Waals surface area contributed by atoms with Crippen LogP contribution in [-0.4, -0.2) is 36.5 Å². The third-order valence-corrected chi connectivity index (χ3v) is 5.40. The number of amides is 3. The van der Waals surface area contributed by atoms with Crippen LogP contribution in [0.3, 0.4) is 0 Å². The van der Waals surface area contributed by atoms with Crippen molar-refractivity contribution in [2.75, 3.05) is 13.6 Å². The molecular formula is C17H27N3O2S. The number of carbonyl (C=O) groups excluding carboxylic acids is 2. The average Bonchev–Trinajstić information content (AvgIpc) is 3.10. The van der Waals surface area contributed by atoms with E-state index in [4.69, 9.17) is 0 Å². The molecule has 128 valence electrons. The fourth-order valence-corrected chi connectivity index (χ4v) is 4.20.